The van der Waals surface area contributed by atoms with Crippen molar-refractivity contribution in [2.75, 3.05) is 4.90 Å². The number of aryl methyl sites for hydroxylation is 1. The SMILES string of the molecule is CC1=C(C)C(=O)N(c2nc(C)cs2)C1=O. The van der Waals surface area contributed by atoms with Crippen LogP contribution in [0.2, 0.25) is 0 Å². The van der Waals surface area contributed by atoms with E-state index in [4.69, 9.17) is 0 Å². The minimum atomic E-state index is -0.258. The first-order chi connectivity index (χ1) is 7.02. The highest BCUT2D eigenvalue weighted by molar-refractivity contribution is 7.14. The predicted molar refractivity (Wildman–Crippen MR) is 57.7 cm³/mol. The Morgan fingerprint density at radius 1 is 1.13 bits per heavy atom. The van der Waals surface area contributed by atoms with Gasteiger partial charge in [0.25, 0.3) is 11.8 Å². The third-order valence-electron chi connectivity index (χ3n) is 2.41. The Labute approximate surface area is 91.2 Å². The zero-order chi connectivity index (χ0) is 11.2. The van der Waals surface area contributed by atoms with Gasteiger partial charge in [-0.3, -0.25) is 9.59 Å². The molecular weight excluding hydrogens is 212 g/mol. The number of hydrogen-bond acceptors (Lipinski definition) is 4. The first kappa shape index (κ1) is 10.0. The molecule has 0 aliphatic carbocycles. The Morgan fingerprint density at radius 3 is 2.07 bits per heavy atom. The second-order valence-corrected chi connectivity index (χ2v) is 4.30. The highest BCUT2D eigenvalue weighted by Gasteiger charge is 2.36. The van der Waals surface area contributed by atoms with E-state index in [2.05, 4.69) is 4.98 Å². The summed E-state index contributed by atoms with van der Waals surface area (Å²) in [5.74, 6) is -0.515. The molecule has 1 aliphatic rings. The summed E-state index contributed by atoms with van der Waals surface area (Å²) in [6.45, 7) is 5.16. The molecule has 2 amide bonds. The van der Waals surface area contributed by atoms with Crippen LogP contribution in [0.5, 0.6) is 0 Å². The summed E-state index contributed by atoms with van der Waals surface area (Å²) in [6.07, 6.45) is 0. The van der Waals surface area contributed by atoms with E-state index < -0.39 is 0 Å². The van der Waals surface area contributed by atoms with Crippen LogP contribution in [0.15, 0.2) is 16.5 Å². The van der Waals surface area contributed by atoms with Gasteiger partial charge in [0.05, 0.1) is 5.69 Å². The number of hydrogen-bond donors (Lipinski definition) is 0. The Morgan fingerprint density at radius 2 is 1.67 bits per heavy atom. The van der Waals surface area contributed by atoms with Gasteiger partial charge in [-0.15, -0.1) is 11.3 Å². The highest BCUT2D eigenvalue weighted by Crippen LogP contribution is 2.28. The van der Waals surface area contributed by atoms with Crippen molar-refractivity contribution in [2.45, 2.75) is 20.8 Å². The van der Waals surface area contributed by atoms with Gasteiger partial charge in [0, 0.05) is 16.5 Å². The van der Waals surface area contributed by atoms with Crippen molar-refractivity contribution in [3.8, 4) is 0 Å². The van der Waals surface area contributed by atoms with E-state index in [1.165, 1.54) is 11.3 Å². The quantitative estimate of drug-likeness (QED) is 0.679. The molecule has 4 nitrogen and oxygen atoms in total. The lowest BCUT2D eigenvalue weighted by Crippen LogP contribution is -2.31. The number of thiazole rings is 1. The number of aromatic nitrogens is 1. The summed E-state index contributed by atoms with van der Waals surface area (Å²) in [5.41, 5.74) is 1.83. The van der Waals surface area contributed by atoms with Crippen LogP contribution in [0, 0.1) is 6.92 Å². The Kier molecular flexibility index (Phi) is 2.19. The normalized spacial score (nSPS) is 16.9. The van der Waals surface area contributed by atoms with E-state index in [9.17, 15) is 9.59 Å². The minimum absolute atomic E-state index is 0.258. The molecule has 15 heavy (non-hydrogen) atoms. The van der Waals surface area contributed by atoms with Crippen molar-refractivity contribution in [3.05, 3.63) is 22.2 Å². The predicted octanol–water partition coefficient (Wildman–Crippen LogP) is 1.66. The van der Waals surface area contributed by atoms with Crippen LogP contribution >= 0.6 is 11.3 Å². The lowest BCUT2D eigenvalue weighted by atomic mass is 10.2. The van der Waals surface area contributed by atoms with Gasteiger partial charge in [0.15, 0.2) is 5.13 Å². The Hall–Kier alpha value is -1.49. The summed E-state index contributed by atoms with van der Waals surface area (Å²) in [6, 6.07) is 0. The molecule has 1 aromatic heterocycles. The fourth-order valence-electron chi connectivity index (χ4n) is 1.37. The second kappa shape index (κ2) is 3.27. The number of anilines is 1. The summed E-state index contributed by atoms with van der Waals surface area (Å²) >= 11 is 1.30. The molecule has 0 fully saturated rings. The number of carbonyl (C=O) groups is 2. The molecule has 0 bridgehead atoms. The van der Waals surface area contributed by atoms with Crippen LogP contribution < -0.4 is 4.90 Å². The van der Waals surface area contributed by atoms with Crippen molar-refractivity contribution >= 4 is 28.3 Å². The van der Waals surface area contributed by atoms with E-state index in [0.717, 1.165) is 10.6 Å². The lowest BCUT2D eigenvalue weighted by molar-refractivity contribution is -0.120. The van der Waals surface area contributed by atoms with E-state index >= 15 is 0 Å². The number of carbonyl (C=O) groups excluding carboxylic acids is 2. The average molecular weight is 222 g/mol. The molecule has 0 atom stereocenters. The zero-order valence-corrected chi connectivity index (χ0v) is 9.51. The molecule has 1 aliphatic heterocycles. The fourth-order valence-corrected chi connectivity index (χ4v) is 2.16. The summed E-state index contributed by atoms with van der Waals surface area (Å²) in [4.78, 5) is 28.8. The smallest absolute Gasteiger partial charge is 0.263 e. The standard InChI is InChI=1S/C10H10N2O2S/c1-5-4-15-10(11-5)12-8(13)6(2)7(3)9(12)14/h4H,1-3H3. The molecule has 0 N–H and O–H groups in total. The monoisotopic (exact) mass is 222 g/mol. The molecule has 0 saturated carbocycles. The molecule has 0 aromatic carbocycles. The van der Waals surface area contributed by atoms with Crippen LogP contribution in [-0.4, -0.2) is 16.8 Å². The zero-order valence-electron chi connectivity index (χ0n) is 8.70. The van der Waals surface area contributed by atoms with Gasteiger partial charge in [-0.05, 0) is 20.8 Å². The maximum Gasteiger partial charge on any atom is 0.263 e. The van der Waals surface area contributed by atoms with E-state index in [1.54, 1.807) is 13.8 Å². The van der Waals surface area contributed by atoms with Gasteiger partial charge in [-0.1, -0.05) is 0 Å². The van der Waals surface area contributed by atoms with Crippen LogP contribution in [0.25, 0.3) is 0 Å². The van der Waals surface area contributed by atoms with Crippen LogP contribution in [-0.2, 0) is 9.59 Å². The first-order valence-electron chi connectivity index (χ1n) is 4.50. The number of nitrogens with zero attached hydrogens (tertiary/aromatic N) is 2. The van der Waals surface area contributed by atoms with Gasteiger partial charge in [-0.2, -0.15) is 0 Å². The van der Waals surface area contributed by atoms with E-state index in [1.807, 2.05) is 12.3 Å². The van der Waals surface area contributed by atoms with Crippen LogP contribution in [0.3, 0.4) is 0 Å². The van der Waals surface area contributed by atoms with Gasteiger partial charge < -0.3 is 0 Å². The average Bonchev–Trinajstić information content (AvgIpc) is 2.68. The molecular formula is C10H10N2O2S. The molecule has 0 radical (unpaired) electrons. The second-order valence-electron chi connectivity index (χ2n) is 3.47. The van der Waals surface area contributed by atoms with Crippen molar-refractivity contribution in [3.63, 3.8) is 0 Å². The van der Waals surface area contributed by atoms with Gasteiger partial charge in [-0.25, -0.2) is 9.88 Å². The molecule has 5 heteroatoms. The fraction of sp³-hybridized carbons (Fsp3) is 0.300. The Balaban J connectivity index is 2.43. The summed E-state index contributed by atoms with van der Waals surface area (Å²) < 4.78 is 0. The number of imide groups is 1. The van der Waals surface area contributed by atoms with Gasteiger partial charge in [0.2, 0.25) is 0 Å². The number of rotatable bonds is 1. The molecule has 0 unspecified atom stereocenters. The van der Waals surface area contributed by atoms with Crippen molar-refractivity contribution in [1.29, 1.82) is 0 Å². The molecule has 78 valence electrons. The van der Waals surface area contributed by atoms with Crippen LogP contribution in [0.4, 0.5) is 5.13 Å². The maximum absolute atomic E-state index is 11.7. The van der Waals surface area contributed by atoms with Crippen molar-refractivity contribution in [2.24, 2.45) is 0 Å². The summed E-state index contributed by atoms with van der Waals surface area (Å²) in [7, 11) is 0. The Bertz CT molecular complexity index is 463. The molecule has 2 heterocycles. The highest BCUT2D eigenvalue weighted by atomic mass is 32.1. The van der Waals surface area contributed by atoms with Gasteiger partial charge in [0.1, 0.15) is 0 Å². The van der Waals surface area contributed by atoms with Gasteiger partial charge >= 0.3 is 0 Å². The summed E-state index contributed by atoms with van der Waals surface area (Å²) in [5, 5.41) is 2.28. The molecule has 0 spiro atoms. The van der Waals surface area contributed by atoms with Crippen molar-refractivity contribution in [1.82, 2.24) is 4.98 Å². The lowest BCUT2D eigenvalue weighted by Gasteiger charge is -2.09. The topological polar surface area (TPSA) is 50.3 Å². The third-order valence-corrected chi connectivity index (χ3v) is 3.35. The van der Waals surface area contributed by atoms with Crippen LogP contribution in [0.1, 0.15) is 19.5 Å². The molecule has 2 rings (SSSR count). The van der Waals surface area contributed by atoms with E-state index in [-0.39, 0.29) is 11.8 Å². The van der Waals surface area contributed by atoms with E-state index in [0.29, 0.717) is 16.3 Å². The molecule has 0 saturated heterocycles. The largest absolute Gasteiger partial charge is 0.268 e. The third kappa shape index (κ3) is 1.39. The van der Waals surface area contributed by atoms with Crippen molar-refractivity contribution < 1.29 is 9.59 Å². The maximum atomic E-state index is 11.7. The number of amides is 2. The minimum Gasteiger partial charge on any atom is -0.268 e. The first-order valence-corrected chi connectivity index (χ1v) is 5.38. The molecule has 1 aromatic rings.